The molecule has 0 radical (unpaired) electrons. The smallest absolute Gasteiger partial charge is 0.266 e. The summed E-state index contributed by atoms with van der Waals surface area (Å²) >= 11 is 0. The summed E-state index contributed by atoms with van der Waals surface area (Å²) in [7, 11) is 0. The molecule has 4 aliphatic rings. The van der Waals surface area contributed by atoms with Crippen molar-refractivity contribution in [3.8, 4) is 11.1 Å². The van der Waals surface area contributed by atoms with Gasteiger partial charge in [-0.3, -0.25) is 38.4 Å². The SMILES string of the molecule is CC(C)(C)c1cc(N2C(=O)c3ccc4nc5c6ccc7c8c(cc(-c9cc%10c%11c(ccc%12c%13nc%14ccc%15c%16c(ccc(c%13nc9c%11%12)c%14%16)C(=O)N(c9cc(C(C)(C)C)cc(C(C)(C)C)c9)C%15=O)C(=O)N(c9cc(C(C)(C)C)cc(C(C)(C)C)c9)C%10=O)c(nc5c5ccc(c3c45)C2=O)c86)C(=O)N(c2cc(C(C)(C)C)cc(C(C)(C)C)c2)C7=O)cc(C(C)(C)C)c1. The number of aromatic nitrogens is 4. The largest absolute Gasteiger partial charge is 0.268 e. The molecule has 4 aromatic heterocycles. The molecule has 0 N–H and O–H groups in total. The summed E-state index contributed by atoms with van der Waals surface area (Å²) < 4.78 is 0. The molecule has 12 aromatic carbocycles. The monoisotopic (exact) mass is 1630 g/mol. The molecule has 0 atom stereocenters. The van der Waals surface area contributed by atoms with Gasteiger partial charge in [-0.1, -0.05) is 215 Å². The van der Waals surface area contributed by atoms with Crippen molar-refractivity contribution >= 4 is 179 Å². The Morgan fingerprint density at radius 3 is 0.581 bits per heavy atom. The lowest BCUT2D eigenvalue weighted by atomic mass is 9.79. The van der Waals surface area contributed by atoms with Gasteiger partial charge in [-0.2, -0.15) is 0 Å². The first-order valence-electron chi connectivity index (χ1n) is 42.9. The highest BCUT2D eigenvalue weighted by atomic mass is 16.2. The Bertz CT molecular complexity index is 7130. The number of amides is 8. The maximum Gasteiger partial charge on any atom is 0.266 e. The van der Waals surface area contributed by atoms with Gasteiger partial charge >= 0.3 is 0 Å². The molecule has 0 saturated heterocycles. The summed E-state index contributed by atoms with van der Waals surface area (Å²) in [5, 5.41) is 5.56. The Hall–Kier alpha value is -13.1. The standard InChI is InChI=1S/C108H98N8O8/c1-101(2,3)51-37-52(102(4,5)6)42-59(41-51)113-93(117)67-29-25-63-83-77(35-33-71(79(67)83)97(113)121)109-89-65-27-31-69-81-75(99(123)115(95(69)119)61-45-55(105(13,14)15)39-56(46-61)106(16,17)18)49-73(87(85(65)81)111-91(63)89)74-50-76-82-70(96(120)116(100(76)124)62-47-57(107(19,20)21)40-58(48-62)108(22,23)24)32-28-66-86(82)88(74)112-92-64-26-30-68-80-72(34-36-78(84(64)80)110-90(66)92)98(122)114(94(68)118)60-43-53(103(7,8)9)38-54(44-60)104(10,11)12/h25-50H,1-24H3. The van der Waals surface area contributed by atoms with Gasteiger partial charge in [0.1, 0.15) is 0 Å². The molecule has 8 amide bonds. The summed E-state index contributed by atoms with van der Waals surface area (Å²) in [5.41, 5.74) is 11.9. The lowest BCUT2D eigenvalue weighted by Crippen LogP contribution is -2.41. The van der Waals surface area contributed by atoms with Crippen molar-refractivity contribution < 1.29 is 38.4 Å². The number of anilines is 4. The fourth-order valence-corrected chi connectivity index (χ4v) is 19.2. The van der Waals surface area contributed by atoms with Gasteiger partial charge in [-0.25, -0.2) is 39.5 Å². The van der Waals surface area contributed by atoms with E-state index in [1.165, 1.54) is 19.6 Å². The first-order valence-corrected chi connectivity index (χ1v) is 42.9. The number of rotatable bonds is 5. The number of carbonyl (C=O) groups excluding carboxylic acids is 8. The number of benzene rings is 12. The van der Waals surface area contributed by atoms with Crippen LogP contribution in [0.5, 0.6) is 0 Å². The lowest BCUT2D eigenvalue weighted by molar-refractivity contribution is 0.0877. The fraction of sp³-hybridized carbons (Fsp3) is 0.296. The van der Waals surface area contributed by atoms with Gasteiger partial charge < -0.3 is 0 Å². The summed E-state index contributed by atoms with van der Waals surface area (Å²) in [6.07, 6.45) is 0. The molecule has 0 bridgehead atoms. The van der Waals surface area contributed by atoms with E-state index in [0.29, 0.717) is 165 Å². The lowest BCUT2D eigenvalue weighted by Gasteiger charge is -2.33. The summed E-state index contributed by atoms with van der Waals surface area (Å²) in [4.78, 5) is 156. The highest BCUT2D eigenvalue weighted by Gasteiger charge is 2.45. The van der Waals surface area contributed by atoms with Crippen LogP contribution < -0.4 is 19.6 Å². The number of carbonyl (C=O) groups is 8. The third-order valence-electron chi connectivity index (χ3n) is 26.6. The zero-order chi connectivity index (χ0) is 88.4. The Kier molecular flexibility index (Phi) is 16.2. The van der Waals surface area contributed by atoms with Gasteiger partial charge in [0, 0.05) is 120 Å². The van der Waals surface area contributed by atoms with E-state index in [9.17, 15) is 0 Å². The van der Waals surface area contributed by atoms with Crippen LogP contribution in [0, 0.1) is 0 Å². The van der Waals surface area contributed by atoms with Crippen LogP contribution in [0.2, 0.25) is 0 Å². The highest BCUT2D eigenvalue weighted by molar-refractivity contribution is 6.46. The van der Waals surface area contributed by atoms with Crippen LogP contribution in [0.25, 0.3) is 120 Å². The molecule has 16 nitrogen and oxygen atoms in total. The van der Waals surface area contributed by atoms with Gasteiger partial charge in [-0.15, -0.1) is 0 Å². The van der Waals surface area contributed by atoms with E-state index in [0.717, 1.165) is 44.5 Å². The van der Waals surface area contributed by atoms with Crippen LogP contribution in [0.1, 0.15) is 294 Å². The first kappa shape index (κ1) is 79.4. The number of imide groups is 4. The quantitative estimate of drug-likeness (QED) is 0.0898. The molecule has 16 aromatic rings. The van der Waals surface area contributed by atoms with E-state index in [1.54, 1.807) is 60.7 Å². The van der Waals surface area contributed by atoms with Crippen LogP contribution in [-0.4, -0.2) is 67.2 Å². The van der Waals surface area contributed by atoms with E-state index in [1.807, 2.05) is 72.8 Å². The number of hydrogen-bond donors (Lipinski definition) is 0. The zero-order valence-corrected chi connectivity index (χ0v) is 74.9. The molecule has 8 heterocycles. The topological polar surface area (TPSA) is 201 Å². The van der Waals surface area contributed by atoms with Crippen LogP contribution in [0.15, 0.2) is 158 Å². The molecule has 0 aliphatic carbocycles. The third kappa shape index (κ3) is 11.4. The van der Waals surface area contributed by atoms with Crippen LogP contribution in [-0.2, 0) is 43.3 Å². The average Bonchev–Trinajstić information content (AvgIpc) is 0.656. The average molecular weight is 1640 g/mol. The van der Waals surface area contributed by atoms with Crippen molar-refractivity contribution in [3.05, 3.63) is 247 Å². The van der Waals surface area contributed by atoms with Crippen molar-refractivity contribution in [1.82, 2.24) is 19.9 Å². The second kappa shape index (κ2) is 25.3. The molecule has 16 heteroatoms. The highest BCUT2D eigenvalue weighted by Crippen LogP contribution is 2.54. The van der Waals surface area contributed by atoms with E-state index in [4.69, 9.17) is 19.9 Å². The fourth-order valence-electron chi connectivity index (χ4n) is 19.2. The van der Waals surface area contributed by atoms with Gasteiger partial charge in [0.15, 0.2) is 0 Å². The third-order valence-corrected chi connectivity index (χ3v) is 26.6. The Balaban J connectivity index is 0.898. The van der Waals surface area contributed by atoms with Gasteiger partial charge in [0.2, 0.25) is 0 Å². The normalized spacial score (nSPS) is 15.3. The molecule has 0 saturated carbocycles. The maximum absolute atomic E-state index is 16.8. The molecule has 4 aliphatic heterocycles. The van der Waals surface area contributed by atoms with Gasteiger partial charge in [-0.05, 0) is 197 Å². The van der Waals surface area contributed by atoms with E-state index >= 15 is 38.4 Å². The van der Waals surface area contributed by atoms with Gasteiger partial charge in [0.05, 0.1) is 66.9 Å². The van der Waals surface area contributed by atoms with Crippen LogP contribution in [0.3, 0.4) is 0 Å². The van der Waals surface area contributed by atoms with E-state index in [2.05, 4.69) is 190 Å². The summed E-state index contributed by atoms with van der Waals surface area (Å²) in [5.74, 6) is -4.34. The second-order valence-electron chi connectivity index (χ2n) is 43.2. The molecule has 124 heavy (non-hydrogen) atoms. The molecular weight excluding hydrogens is 1540 g/mol. The minimum absolute atomic E-state index is 0.147. The molecule has 0 spiro atoms. The van der Waals surface area contributed by atoms with E-state index < -0.39 is 68.9 Å². The Morgan fingerprint density at radius 2 is 0.363 bits per heavy atom. The molecule has 20 rings (SSSR count). The van der Waals surface area contributed by atoms with Crippen molar-refractivity contribution in [2.24, 2.45) is 0 Å². The predicted molar refractivity (Wildman–Crippen MR) is 500 cm³/mol. The number of fused-ring (bicyclic) bond motifs is 6. The number of hydrogen-bond acceptors (Lipinski definition) is 12. The Labute approximate surface area is 719 Å². The van der Waals surface area contributed by atoms with Crippen LogP contribution >= 0.6 is 0 Å². The molecular formula is C108H98N8O8. The second-order valence-corrected chi connectivity index (χ2v) is 43.2. The molecule has 0 unspecified atom stereocenters. The number of pyridine rings is 4. The van der Waals surface area contributed by atoms with Gasteiger partial charge in [0.25, 0.3) is 47.3 Å². The van der Waals surface area contributed by atoms with Crippen molar-refractivity contribution in [2.45, 2.75) is 209 Å². The predicted octanol–water partition coefficient (Wildman–Crippen LogP) is 24.9. The van der Waals surface area contributed by atoms with Crippen molar-refractivity contribution in [1.29, 1.82) is 0 Å². The van der Waals surface area contributed by atoms with E-state index in [-0.39, 0.29) is 43.9 Å². The van der Waals surface area contributed by atoms with Crippen molar-refractivity contribution in [3.63, 3.8) is 0 Å². The summed E-state index contributed by atoms with van der Waals surface area (Å²) in [6, 6.07) is 49.2. The first-order chi connectivity index (χ1) is 57.9. The van der Waals surface area contributed by atoms with Crippen molar-refractivity contribution in [2.75, 3.05) is 19.6 Å². The molecule has 618 valence electrons. The number of nitrogens with zero attached hydrogens (tertiary/aromatic N) is 8. The Morgan fingerprint density at radius 1 is 0.177 bits per heavy atom. The summed E-state index contributed by atoms with van der Waals surface area (Å²) in [6.45, 7) is 50.6. The minimum atomic E-state index is -0.620. The minimum Gasteiger partial charge on any atom is -0.268 e. The zero-order valence-electron chi connectivity index (χ0n) is 74.9. The molecule has 0 fully saturated rings. The maximum atomic E-state index is 16.8. The van der Waals surface area contributed by atoms with Crippen LogP contribution in [0.4, 0.5) is 22.7 Å².